The highest BCUT2D eigenvalue weighted by atomic mass is 35.5. The number of halogens is 3. The molecule has 1 aliphatic rings. The second-order valence-corrected chi connectivity index (χ2v) is 7.34. The van der Waals surface area contributed by atoms with Crippen LogP contribution in [0.15, 0.2) is 60.7 Å². The van der Waals surface area contributed by atoms with Crippen molar-refractivity contribution in [3.8, 4) is 0 Å². The fourth-order valence-corrected chi connectivity index (χ4v) is 3.40. The van der Waals surface area contributed by atoms with Gasteiger partial charge in [0.1, 0.15) is 11.6 Å². The third kappa shape index (κ3) is 4.44. The Labute approximate surface area is 190 Å². The number of fused-ring (bicyclic) bond motifs is 1. The van der Waals surface area contributed by atoms with Gasteiger partial charge in [-0.05, 0) is 60.7 Å². The van der Waals surface area contributed by atoms with Crippen molar-refractivity contribution in [1.82, 2.24) is 0 Å². The maximum absolute atomic E-state index is 13.2. The minimum atomic E-state index is -0.904. The number of nitrogens with zero attached hydrogens (tertiary/aromatic N) is 1. The molecule has 0 bridgehead atoms. The maximum Gasteiger partial charge on any atom is 0.338 e. The largest absolute Gasteiger partial charge is 0.452 e. The molecule has 0 aromatic heterocycles. The molecule has 0 unspecified atom stereocenters. The Hall–Kier alpha value is -4.11. The quantitative estimate of drug-likeness (QED) is 0.445. The monoisotopic (exact) mass is 470 g/mol. The van der Waals surface area contributed by atoms with Crippen LogP contribution in [0.5, 0.6) is 0 Å². The van der Waals surface area contributed by atoms with Crippen LogP contribution in [-0.2, 0) is 9.53 Å². The zero-order chi connectivity index (χ0) is 23.7. The molecule has 0 aliphatic carbocycles. The van der Waals surface area contributed by atoms with E-state index in [9.17, 15) is 28.0 Å². The first-order valence-corrected chi connectivity index (χ1v) is 9.83. The Kier molecular flexibility index (Phi) is 5.89. The average Bonchev–Trinajstić information content (AvgIpc) is 3.04. The molecule has 0 atom stereocenters. The van der Waals surface area contributed by atoms with Crippen LogP contribution in [0, 0.1) is 11.6 Å². The number of hydrogen-bond donors (Lipinski definition) is 1. The van der Waals surface area contributed by atoms with Crippen molar-refractivity contribution in [2.24, 2.45) is 0 Å². The molecule has 0 fully saturated rings. The van der Waals surface area contributed by atoms with Gasteiger partial charge < -0.3 is 10.1 Å². The number of benzene rings is 3. The van der Waals surface area contributed by atoms with E-state index >= 15 is 0 Å². The predicted molar refractivity (Wildman–Crippen MR) is 114 cm³/mol. The summed E-state index contributed by atoms with van der Waals surface area (Å²) in [5.41, 5.74) is 0.318. The van der Waals surface area contributed by atoms with Crippen molar-refractivity contribution in [3.63, 3.8) is 0 Å². The fourth-order valence-electron chi connectivity index (χ4n) is 3.18. The summed E-state index contributed by atoms with van der Waals surface area (Å²) in [7, 11) is 0. The van der Waals surface area contributed by atoms with Crippen molar-refractivity contribution in [2.45, 2.75) is 0 Å². The van der Waals surface area contributed by atoms with E-state index in [4.69, 9.17) is 16.3 Å². The van der Waals surface area contributed by atoms with Crippen LogP contribution in [0.2, 0.25) is 5.02 Å². The number of rotatable bonds is 5. The van der Waals surface area contributed by atoms with Gasteiger partial charge in [-0.1, -0.05) is 11.6 Å². The van der Waals surface area contributed by atoms with E-state index in [2.05, 4.69) is 5.32 Å². The third-order valence-electron chi connectivity index (χ3n) is 4.75. The van der Waals surface area contributed by atoms with Crippen LogP contribution < -0.4 is 10.2 Å². The molecule has 0 radical (unpaired) electrons. The zero-order valence-corrected chi connectivity index (χ0v) is 17.4. The molecule has 3 amide bonds. The number of nitrogens with one attached hydrogen (secondary N) is 1. The Morgan fingerprint density at radius 3 is 2.24 bits per heavy atom. The van der Waals surface area contributed by atoms with Gasteiger partial charge in [0.05, 0.1) is 33.1 Å². The molecule has 4 rings (SSSR count). The Morgan fingerprint density at radius 2 is 1.55 bits per heavy atom. The van der Waals surface area contributed by atoms with E-state index in [1.165, 1.54) is 36.4 Å². The molecular formula is C23H13ClF2N2O5. The summed E-state index contributed by atoms with van der Waals surface area (Å²) < 4.78 is 31.2. The lowest BCUT2D eigenvalue weighted by molar-refractivity contribution is -0.119. The van der Waals surface area contributed by atoms with E-state index in [0.29, 0.717) is 0 Å². The number of hydrogen-bond acceptors (Lipinski definition) is 5. The molecule has 1 N–H and O–H groups in total. The number of esters is 1. The highest BCUT2D eigenvalue weighted by molar-refractivity contribution is 6.35. The van der Waals surface area contributed by atoms with Gasteiger partial charge in [0, 0.05) is 0 Å². The molecule has 1 heterocycles. The predicted octanol–water partition coefficient (Wildman–Crippen LogP) is 4.21. The summed E-state index contributed by atoms with van der Waals surface area (Å²) in [6.45, 7) is -0.668. The molecular weight excluding hydrogens is 458 g/mol. The van der Waals surface area contributed by atoms with Crippen LogP contribution in [0.1, 0.15) is 31.1 Å². The first-order chi connectivity index (χ1) is 15.7. The molecule has 0 saturated carbocycles. The molecule has 7 nitrogen and oxygen atoms in total. The van der Waals surface area contributed by atoms with Crippen molar-refractivity contribution < 1.29 is 32.7 Å². The number of anilines is 2. The zero-order valence-electron chi connectivity index (χ0n) is 16.6. The van der Waals surface area contributed by atoms with Gasteiger partial charge in [-0.15, -0.1) is 0 Å². The van der Waals surface area contributed by atoms with E-state index in [1.807, 2.05) is 0 Å². The molecule has 0 spiro atoms. The summed E-state index contributed by atoms with van der Waals surface area (Å²) in [6, 6.07) is 12.0. The summed E-state index contributed by atoms with van der Waals surface area (Å²) in [5, 5.41) is 2.35. The molecule has 166 valence electrons. The lowest BCUT2D eigenvalue weighted by Crippen LogP contribution is -2.29. The second-order valence-electron chi connectivity index (χ2n) is 6.93. The summed E-state index contributed by atoms with van der Waals surface area (Å²) in [6.07, 6.45) is 0. The topological polar surface area (TPSA) is 92.8 Å². The molecule has 3 aromatic carbocycles. The van der Waals surface area contributed by atoms with Gasteiger partial charge in [0.2, 0.25) is 0 Å². The summed E-state index contributed by atoms with van der Waals surface area (Å²) in [5.74, 6) is -4.01. The first-order valence-electron chi connectivity index (χ1n) is 9.45. The fraction of sp³-hybridized carbons (Fsp3) is 0.0435. The van der Waals surface area contributed by atoms with Crippen LogP contribution in [0.25, 0.3) is 0 Å². The van der Waals surface area contributed by atoms with Crippen LogP contribution >= 0.6 is 11.6 Å². The SMILES string of the molecule is O=C(COC(=O)c1ccc2c(c1)C(=O)N(c1ccc(F)cc1)C2=O)Nc1ccc(F)cc1Cl. The molecule has 10 heteroatoms. The minimum Gasteiger partial charge on any atom is -0.452 e. The molecule has 0 saturated heterocycles. The smallest absolute Gasteiger partial charge is 0.338 e. The van der Waals surface area contributed by atoms with Crippen LogP contribution in [0.3, 0.4) is 0 Å². The van der Waals surface area contributed by atoms with Crippen LogP contribution in [0.4, 0.5) is 20.2 Å². The number of imide groups is 1. The van der Waals surface area contributed by atoms with Gasteiger partial charge in [-0.3, -0.25) is 14.4 Å². The van der Waals surface area contributed by atoms with Crippen molar-refractivity contribution in [3.05, 3.63) is 94.0 Å². The Balaban J connectivity index is 1.44. The molecule has 1 aliphatic heterocycles. The lowest BCUT2D eigenvalue weighted by atomic mass is 10.1. The van der Waals surface area contributed by atoms with Crippen LogP contribution in [-0.4, -0.2) is 30.3 Å². The van der Waals surface area contributed by atoms with E-state index in [0.717, 1.165) is 29.2 Å². The number of amides is 3. The Morgan fingerprint density at radius 1 is 0.879 bits per heavy atom. The number of carbonyl (C=O) groups excluding carboxylic acids is 4. The van der Waals surface area contributed by atoms with Gasteiger partial charge in [0.25, 0.3) is 17.7 Å². The van der Waals surface area contributed by atoms with E-state index < -0.39 is 41.9 Å². The second kappa shape index (κ2) is 8.79. The highest BCUT2D eigenvalue weighted by Gasteiger charge is 2.37. The van der Waals surface area contributed by atoms with Gasteiger partial charge in [-0.25, -0.2) is 18.5 Å². The third-order valence-corrected chi connectivity index (χ3v) is 5.06. The standard InChI is InChI=1S/C23H13ClF2N2O5/c24-18-10-14(26)4-8-19(18)27-20(29)11-33-23(32)12-1-7-16-17(9-12)22(31)28(21(16)30)15-5-2-13(25)3-6-15/h1-10H,11H2,(H,27,29). The van der Waals surface area contributed by atoms with Gasteiger partial charge in [0.15, 0.2) is 6.61 Å². The van der Waals surface area contributed by atoms with E-state index in [1.54, 1.807) is 0 Å². The minimum absolute atomic E-state index is 0.0258. The van der Waals surface area contributed by atoms with Gasteiger partial charge >= 0.3 is 5.97 Å². The number of carbonyl (C=O) groups is 4. The van der Waals surface area contributed by atoms with E-state index in [-0.39, 0.29) is 33.1 Å². The summed E-state index contributed by atoms with van der Waals surface area (Å²) >= 11 is 5.83. The van der Waals surface area contributed by atoms with Crippen molar-refractivity contribution in [1.29, 1.82) is 0 Å². The normalized spacial score (nSPS) is 12.5. The summed E-state index contributed by atoms with van der Waals surface area (Å²) in [4.78, 5) is 50.6. The average molecular weight is 471 g/mol. The Bertz CT molecular complexity index is 1310. The maximum atomic E-state index is 13.2. The molecule has 3 aromatic rings. The van der Waals surface area contributed by atoms with Crippen molar-refractivity contribution in [2.75, 3.05) is 16.8 Å². The number of ether oxygens (including phenoxy) is 1. The highest BCUT2D eigenvalue weighted by Crippen LogP contribution is 2.29. The first kappa shape index (κ1) is 22.1. The van der Waals surface area contributed by atoms with Crippen molar-refractivity contribution >= 4 is 46.7 Å². The molecule has 33 heavy (non-hydrogen) atoms. The lowest BCUT2D eigenvalue weighted by Gasteiger charge is -2.13. The van der Waals surface area contributed by atoms with Gasteiger partial charge in [-0.2, -0.15) is 0 Å².